The molecule has 1 fully saturated rings. The number of anilines is 1. The van der Waals surface area contributed by atoms with Crippen molar-refractivity contribution in [1.29, 1.82) is 0 Å². The molecule has 252 valence electrons. The molecule has 0 N–H and O–H groups in total. The number of likely N-dealkylation sites (tertiary alicyclic amines) is 1. The van der Waals surface area contributed by atoms with E-state index in [0.29, 0.717) is 51.2 Å². The van der Waals surface area contributed by atoms with E-state index in [1.807, 2.05) is 32.9 Å². The molecule has 3 aromatic rings. The van der Waals surface area contributed by atoms with Crippen molar-refractivity contribution in [2.45, 2.75) is 111 Å². The van der Waals surface area contributed by atoms with Crippen molar-refractivity contribution < 1.29 is 19.0 Å². The van der Waals surface area contributed by atoms with E-state index in [-0.39, 0.29) is 29.2 Å². The molecule has 2 aliphatic rings. The second-order valence-corrected chi connectivity index (χ2v) is 21.7. The van der Waals surface area contributed by atoms with E-state index in [0.717, 1.165) is 34.7 Å². The molecule has 1 unspecified atom stereocenters. The number of rotatable bonds is 10. The Kier molecular flexibility index (Phi) is 9.40. The summed E-state index contributed by atoms with van der Waals surface area (Å²) in [5.74, 6) is 1.67. The first-order chi connectivity index (χ1) is 21.4. The highest BCUT2D eigenvalue weighted by atomic mass is 28.3. The second kappa shape index (κ2) is 12.7. The van der Waals surface area contributed by atoms with E-state index < -0.39 is 13.7 Å². The van der Waals surface area contributed by atoms with Crippen molar-refractivity contribution in [3.8, 4) is 17.0 Å². The third kappa shape index (κ3) is 7.62. The molecule has 2 aliphatic heterocycles. The molecule has 0 aliphatic carbocycles. The average molecular weight is 652 g/mol. The molecule has 0 saturated carbocycles. The molecule has 1 atom stereocenters. The van der Waals surface area contributed by atoms with Crippen LogP contribution in [0.2, 0.25) is 25.7 Å². The zero-order valence-electron chi connectivity index (χ0n) is 29.5. The SMILES string of the molecule is CC(C)N1c2nc(-c3cn(COCC[Si](C)(C)C)c4ccc(OCC5CCN(C(=O)OC(C)(C)C)C5)cc34)cc(=O)n2CC1(C)C. The summed E-state index contributed by atoms with van der Waals surface area (Å²) in [6, 6.07) is 9.02. The maximum Gasteiger partial charge on any atom is 0.410 e. The first-order valence-corrected chi connectivity index (χ1v) is 20.4. The van der Waals surface area contributed by atoms with E-state index in [1.54, 1.807) is 15.5 Å². The zero-order valence-corrected chi connectivity index (χ0v) is 30.5. The van der Waals surface area contributed by atoms with E-state index in [9.17, 15) is 9.59 Å². The van der Waals surface area contributed by atoms with Gasteiger partial charge in [-0.1, -0.05) is 19.6 Å². The van der Waals surface area contributed by atoms with Crippen LogP contribution < -0.4 is 15.2 Å². The third-order valence-corrected chi connectivity index (χ3v) is 10.4. The summed E-state index contributed by atoms with van der Waals surface area (Å²) in [7, 11) is -1.22. The number of carbonyl (C=O) groups excluding carboxylic acids is 1. The van der Waals surface area contributed by atoms with E-state index in [1.165, 1.54) is 0 Å². The van der Waals surface area contributed by atoms with Crippen LogP contribution in [0.1, 0.15) is 54.9 Å². The number of aromatic nitrogens is 3. The Bertz CT molecular complexity index is 1630. The van der Waals surface area contributed by atoms with Gasteiger partial charge < -0.3 is 28.6 Å². The van der Waals surface area contributed by atoms with Crippen LogP contribution in [-0.2, 0) is 22.7 Å². The number of benzene rings is 1. The number of hydrogen-bond acceptors (Lipinski definition) is 7. The summed E-state index contributed by atoms with van der Waals surface area (Å²) in [4.78, 5) is 35.2. The number of hydrogen-bond donors (Lipinski definition) is 0. The minimum absolute atomic E-state index is 0.0494. The van der Waals surface area contributed by atoms with Gasteiger partial charge in [0, 0.05) is 62.9 Å². The lowest BCUT2D eigenvalue weighted by Crippen LogP contribution is -2.45. The van der Waals surface area contributed by atoms with Gasteiger partial charge in [0.2, 0.25) is 5.95 Å². The van der Waals surface area contributed by atoms with Crippen molar-refractivity contribution in [1.82, 2.24) is 19.0 Å². The molecular formula is C35H53N5O5Si. The van der Waals surface area contributed by atoms with Crippen molar-refractivity contribution in [2.24, 2.45) is 5.92 Å². The molecule has 1 aromatic carbocycles. The lowest BCUT2D eigenvalue weighted by Gasteiger charge is -2.35. The summed E-state index contributed by atoms with van der Waals surface area (Å²) < 4.78 is 21.9. The van der Waals surface area contributed by atoms with E-state index >= 15 is 0 Å². The summed E-state index contributed by atoms with van der Waals surface area (Å²) in [5.41, 5.74) is 1.73. The highest BCUT2D eigenvalue weighted by molar-refractivity contribution is 6.76. The molecule has 0 radical (unpaired) electrons. The highest BCUT2D eigenvalue weighted by Gasteiger charge is 2.40. The first kappa shape index (κ1) is 34.0. The van der Waals surface area contributed by atoms with Crippen LogP contribution in [-0.4, -0.2) is 76.7 Å². The van der Waals surface area contributed by atoms with Gasteiger partial charge in [-0.2, -0.15) is 0 Å². The molecular weight excluding hydrogens is 599 g/mol. The van der Waals surface area contributed by atoms with Crippen LogP contribution in [0.5, 0.6) is 5.75 Å². The standard InChI is InChI=1S/C35H53N5O5Si/c1-24(2)40-32-36-29(18-31(41)39(32)22-35(40,6)7)28-20-38(23-43-15-16-46(8,9)10)30-12-11-26(17-27(28)30)44-21-25-13-14-37(19-25)33(42)45-34(3,4)5/h11-12,17-18,20,24-25H,13-16,19,21-23H2,1-10H3. The Morgan fingerprint density at radius 2 is 1.89 bits per heavy atom. The van der Waals surface area contributed by atoms with Gasteiger partial charge in [-0.25, -0.2) is 9.78 Å². The maximum absolute atomic E-state index is 13.5. The second-order valence-electron chi connectivity index (χ2n) is 16.1. The molecule has 5 rings (SSSR count). The monoisotopic (exact) mass is 651 g/mol. The third-order valence-electron chi connectivity index (χ3n) is 8.70. The van der Waals surface area contributed by atoms with Crippen molar-refractivity contribution >= 4 is 31.0 Å². The predicted octanol–water partition coefficient (Wildman–Crippen LogP) is 6.82. The summed E-state index contributed by atoms with van der Waals surface area (Å²) >= 11 is 0. The minimum atomic E-state index is -1.22. The van der Waals surface area contributed by atoms with Crippen LogP contribution in [0.4, 0.5) is 10.7 Å². The fourth-order valence-corrected chi connectivity index (χ4v) is 7.28. The summed E-state index contributed by atoms with van der Waals surface area (Å²) in [5, 5.41) is 0.957. The van der Waals surface area contributed by atoms with Crippen LogP contribution >= 0.6 is 0 Å². The molecule has 0 bridgehead atoms. The molecule has 4 heterocycles. The Morgan fingerprint density at radius 3 is 2.57 bits per heavy atom. The van der Waals surface area contributed by atoms with E-state index in [4.69, 9.17) is 19.2 Å². The van der Waals surface area contributed by atoms with Crippen LogP contribution in [0.15, 0.2) is 35.3 Å². The fraction of sp³-hybridized carbons (Fsp3) is 0.629. The van der Waals surface area contributed by atoms with E-state index in [2.05, 4.69) is 69.1 Å². The summed E-state index contributed by atoms with van der Waals surface area (Å²) in [6.45, 7) is 24.8. The van der Waals surface area contributed by atoms with Crippen LogP contribution in [0, 0.1) is 5.92 Å². The maximum atomic E-state index is 13.5. The molecule has 1 amide bonds. The largest absolute Gasteiger partial charge is 0.493 e. The van der Waals surface area contributed by atoms with Gasteiger partial charge in [0.1, 0.15) is 18.1 Å². The van der Waals surface area contributed by atoms with Gasteiger partial charge in [-0.05, 0) is 79.1 Å². The number of ether oxygens (including phenoxy) is 3. The lowest BCUT2D eigenvalue weighted by molar-refractivity contribution is 0.0284. The Labute approximate surface area is 274 Å². The minimum Gasteiger partial charge on any atom is -0.493 e. The van der Waals surface area contributed by atoms with Gasteiger partial charge in [-0.3, -0.25) is 9.36 Å². The fourth-order valence-electron chi connectivity index (χ4n) is 6.52. The van der Waals surface area contributed by atoms with Gasteiger partial charge in [-0.15, -0.1) is 0 Å². The number of nitrogens with zero attached hydrogens (tertiary/aromatic N) is 5. The average Bonchev–Trinajstić information content (AvgIpc) is 3.62. The van der Waals surface area contributed by atoms with Gasteiger partial charge in [0.25, 0.3) is 5.56 Å². The first-order valence-electron chi connectivity index (χ1n) is 16.6. The van der Waals surface area contributed by atoms with Gasteiger partial charge >= 0.3 is 6.09 Å². The molecule has 10 nitrogen and oxygen atoms in total. The van der Waals surface area contributed by atoms with Crippen molar-refractivity contribution in [2.75, 3.05) is 31.2 Å². The molecule has 2 aromatic heterocycles. The zero-order chi connectivity index (χ0) is 33.6. The van der Waals surface area contributed by atoms with Crippen molar-refractivity contribution in [3.05, 3.63) is 40.8 Å². The van der Waals surface area contributed by atoms with Crippen molar-refractivity contribution in [3.63, 3.8) is 0 Å². The number of amides is 1. The summed E-state index contributed by atoms with van der Waals surface area (Å²) in [6.07, 6.45) is 2.65. The van der Waals surface area contributed by atoms with Crippen LogP contribution in [0.3, 0.4) is 0 Å². The smallest absolute Gasteiger partial charge is 0.410 e. The Balaban J connectivity index is 1.43. The number of carbonyl (C=O) groups is 1. The molecule has 11 heteroatoms. The Hall–Kier alpha value is -3.31. The lowest BCUT2D eigenvalue weighted by atomic mass is 10.0. The topological polar surface area (TPSA) is 91.1 Å². The predicted molar refractivity (Wildman–Crippen MR) is 187 cm³/mol. The van der Waals surface area contributed by atoms with Crippen LogP contribution in [0.25, 0.3) is 22.2 Å². The Morgan fingerprint density at radius 1 is 1.15 bits per heavy atom. The molecule has 0 spiro atoms. The normalized spacial score (nSPS) is 18.1. The van der Waals surface area contributed by atoms with Gasteiger partial charge in [0.15, 0.2) is 0 Å². The van der Waals surface area contributed by atoms with Gasteiger partial charge in [0.05, 0.1) is 29.9 Å². The quantitative estimate of drug-likeness (QED) is 0.176. The molecule has 46 heavy (non-hydrogen) atoms. The number of fused-ring (bicyclic) bond motifs is 2. The molecule has 1 saturated heterocycles. The highest BCUT2D eigenvalue weighted by Crippen LogP contribution is 2.37.